The summed E-state index contributed by atoms with van der Waals surface area (Å²) in [4.78, 5) is 39.5. The van der Waals surface area contributed by atoms with Gasteiger partial charge in [0.25, 0.3) is 15.9 Å². The summed E-state index contributed by atoms with van der Waals surface area (Å²) in [6.45, 7) is 14.2. The average Bonchev–Trinajstić information content (AvgIpc) is 3.79. The van der Waals surface area contributed by atoms with E-state index in [1.807, 2.05) is 48.9 Å². The number of esters is 1. The molecule has 0 spiro atoms. The fraction of sp³-hybridized carbons (Fsp3) is 0.357. The molecule has 59 heavy (non-hydrogen) atoms. The molecule has 0 aliphatic carbocycles. The number of para-hydroxylation sites is 1. The van der Waals surface area contributed by atoms with Crippen LogP contribution in [0.25, 0.3) is 21.3 Å². The number of carbonyl (C=O) groups is 2. The van der Waals surface area contributed by atoms with Gasteiger partial charge in [-0.2, -0.15) is 5.10 Å². The first-order valence-electron chi connectivity index (χ1n) is 19.4. The van der Waals surface area contributed by atoms with Crippen molar-refractivity contribution in [3.8, 4) is 11.1 Å². The Balaban J connectivity index is 1.14. The number of benzene rings is 2. The number of hydrogen-bond donors (Lipinski definition) is 2. The molecule has 7 rings (SSSR count). The summed E-state index contributed by atoms with van der Waals surface area (Å²) < 4.78 is 37.9. The smallest absolute Gasteiger partial charge is 0.309 e. The highest BCUT2D eigenvalue weighted by molar-refractivity contribution is 7.90. The number of nitrogens with zero attached hydrogens (tertiary/aromatic N) is 8. The number of piperidine rings is 1. The van der Waals surface area contributed by atoms with E-state index in [0.717, 1.165) is 27.2 Å². The zero-order chi connectivity index (χ0) is 42.1. The summed E-state index contributed by atoms with van der Waals surface area (Å²) in [7, 11) is -2.58. The van der Waals surface area contributed by atoms with Gasteiger partial charge >= 0.3 is 5.97 Å². The molecule has 0 radical (unpaired) electrons. The van der Waals surface area contributed by atoms with E-state index in [9.17, 15) is 18.0 Å². The maximum absolute atomic E-state index is 14.2. The molecular weight excluding hydrogens is 789 g/mol. The van der Waals surface area contributed by atoms with Gasteiger partial charge in [-0.1, -0.05) is 44.2 Å². The molecule has 308 valence electrons. The topological polar surface area (TPSA) is 177 Å². The number of nitrogens with one attached hydrogen (secondary N) is 2. The van der Waals surface area contributed by atoms with E-state index in [-0.39, 0.29) is 27.9 Å². The highest BCUT2D eigenvalue weighted by Gasteiger charge is 2.28. The SMILES string of the molecule is CCOC(=O)C1CCN(c2ccc(S(=O)(=O)NC(=O)c3nc(N(C)c4cc(C)c(Nc5nc6ccccc6s5)nn4)ccc3-c3cnn(CC(C)(C)C)c3C)cc2)CC1. The van der Waals surface area contributed by atoms with Crippen molar-refractivity contribution in [2.75, 3.05) is 41.9 Å². The van der Waals surface area contributed by atoms with Crippen LogP contribution < -0.4 is 19.8 Å². The minimum absolute atomic E-state index is 0.0691. The van der Waals surface area contributed by atoms with E-state index in [4.69, 9.17) is 9.72 Å². The zero-order valence-corrected chi connectivity index (χ0v) is 35.8. The van der Waals surface area contributed by atoms with Gasteiger partial charge < -0.3 is 19.9 Å². The Bertz CT molecular complexity index is 2580. The molecule has 0 saturated carbocycles. The van der Waals surface area contributed by atoms with Crippen LogP contribution in [0, 0.1) is 25.2 Å². The van der Waals surface area contributed by atoms with Crippen LogP contribution in [0.15, 0.2) is 77.8 Å². The number of sulfonamides is 1. The third kappa shape index (κ3) is 9.20. The highest BCUT2D eigenvalue weighted by Crippen LogP contribution is 2.33. The van der Waals surface area contributed by atoms with Crippen LogP contribution >= 0.6 is 11.3 Å². The number of aromatic nitrogens is 6. The molecule has 5 heterocycles. The molecule has 0 bridgehead atoms. The molecular formula is C42H48N10O5S2. The minimum Gasteiger partial charge on any atom is -0.466 e. The summed E-state index contributed by atoms with van der Waals surface area (Å²) in [5, 5.41) is 17.4. The second-order valence-corrected chi connectivity index (χ2v) is 18.5. The van der Waals surface area contributed by atoms with Gasteiger partial charge in [0.2, 0.25) is 0 Å². The summed E-state index contributed by atoms with van der Waals surface area (Å²) in [6.07, 6.45) is 2.96. The first kappa shape index (κ1) is 41.2. The molecule has 1 aliphatic rings. The normalized spacial score (nSPS) is 13.7. The molecule has 6 aromatic rings. The maximum Gasteiger partial charge on any atom is 0.309 e. The zero-order valence-electron chi connectivity index (χ0n) is 34.2. The number of amides is 1. The lowest BCUT2D eigenvalue weighted by Gasteiger charge is -2.32. The third-order valence-electron chi connectivity index (χ3n) is 10.1. The summed E-state index contributed by atoms with van der Waals surface area (Å²) >= 11 is 1.52. The Morgan fingerprint density at radius 3 is 2.36 bits per heavy atom. The number of thiazole rings is 1. The Labute approximate surface area is 347 Å². The van der Waals surface area contributed by atoms with Gasteiger partial charge in [0.15, 0.2) is 16.8 Å². The van der Waals surface area contributed by atoms with Crippen molar-refractivity contribution in [1.82, 2.24) is 34.7 Å². The van der Waals surface area contributed by atoms with Crippen LogP contribution in [0.2, 0.25) is 0 Å². The minimum atomic E-state index is -4.33. The molecule has 17 heteroatoms. The lowest BCUT2D eigenvalue weighted by atomic mass is 9.96. The van der Waals surface area contributed by atoms with Gasteiger partial charge in [-0.15, -0.1) is 10.2 Å². The predicted octanol–water partition coefficient (Wildman–Crippen LogP) is 7.42. The summed E-state index contributed by atoms with van der Waals surface area (Å²) in [5.74, 6) is 0.111. The van der Waals surface area contributed by atoms with Crippen LogP contribution in [-0.4, -0.2) is 77.0 Å². The second-order valence-electron chi connectivity index (χ2n) is 15.8. The fourth-order valence-electron chi connectivity index (χ4n) is 6.95. The van der Waals surface area contributed by atoms with Gasteiger partial charge in [-0.05, 0) is 99.2 Å². The van der Waals surface area contributed by atoms with Crippen molar-refractivity contribution < 1.29 is 22.7 Å². The molecule has 1 aliphatic heterocycles. The number of rotatable bonds is 12. The van der Waals surface area contributed by atoms with Gasteiger partial charge in [0, 0.05) is 49.2 Å². The fourth-order valence-corrected chi connectivity index (χ4v) is 8.77. The molecule has 1 fully saturated rings. The Morgan fingerprint density at radius 1 is 0.949 bits per heavy atom. The number of fused-ring (bicyclic) bond motifs is 1. The quantitative estimate of drug-likeness (QED) is 0.117. The van der Waals surface area contributed by atoms with Crippen LogP contribution in [0.3, 0.4) is 0 Å². The lowest BCUT2D eigenvalue weighted by molar-refractivity contribution is -0.148. The van der Waals surface area contributed by atoms with E-state index in [0.29, 0.717) is 72.8 Å². The number of carbonyl (C=O) groups excluding carboxylic acids is 2. The molecule has 15 nitrogen and oxygen atoms in total. The van der Waals surface area contributed by atoms with Gasteiger partial charge in [-0.25, -0.2) is 23.1 Å². The van der Waals surface area contributed by atoms with Gasteiger partial charge in [0.05, 0.1) is 33.8 Å². The van der Waals surface area contributed by atoms with Crippen molar-refractivity contribution >= 4 is 71.7 Å². The van der Waals surface area contributed by atoms with E-state index >= 15 is 0 Å². The molecule has 2 N–H and O–H groups in total. The van der Waals surface area contributed by atoms with E-state index < -0.39 is 15.9 Å². The van der Waals surface area contributed by atoms with E-state index in [2.05, 4.69) is 56.0 Å². The second kappa shape index (κ2) is 16.7. The molecule has 1 saturated heterocycles. The van der Waals surface area contributed by atoms with Crippen LogP contribution in [0.5, 0.6) is 0 Å². The van der Waals surface area contributed by atoms with E-state index in [1.165, 1.54) is 23.5 Å². The number of ether oxygens (including phenoxy) is 1. The summed E-state index contributed by atoms with van der Waals surface area (Å²) in [5.41, 5.74) is 4.22. The van der Waals surface area contributed by atoms with Crippen molar-refractivity contribution in [2.45, 2.75) is 65.8 Å². The number of anilines is 5. The molecule has 1 amide bonds. The molecule has 4 aromatic heterocycles. The van der Waals surface area contributed by atoms with Crippen LogP contribution in [0.1, 0.15) is 62.3 Å². The summed E-state index contributed by atoms with van der Waals surface area (Å²) in [6, 6.07) is 19.6. The Hall–Kier alpha value is -5.94. The Kier molecular flexibility index (Phi) is 11.7. The monoisotopic (exact) mass is 836 g/mol. The number of aryl methyl sites for hydroxylation is 1. The van der Waals surface area contributed by atoms with Crippen molar-refractivity contribution in [3.05, 3.63) is 89.9 Å². The first-order valence-corrected chi connectivity index (χ1v) is 21.7. The Morgan fingerprint density at radius 2 is 1.68 bits per heavy atom. The van der Waals surface area contributed by atoms with Crippen molar-refractivity contribution in [3.63, 3.8) is 0 Å². The number of pyridine rings is 1. The van der Waals surface area contributed by atoms with Crippen molar-refractivity contribution in [1.29, 1.82) is 0 Å². The van der Waals surface area contributed by atoms with Crippen LogP contribution in [-0.2, 0) is 26.1 Å². The largest absolute Gasteiger partial charge is 0.466 e. The molecule has 0 atom stereocenters. The van der Waals surface area contributed by atoms with Gasteiger partial charge in [-0.3, -0.25) is 14.3 Å². The predicted molar refractivity (Wildman–Crippen MR) is 230 cm³/mol. The van der Waals surface area contributed by atoms with Crippen molar-refractivity contribution in [2.24, 2.45) is 11.3 Å². The lowest BCUT2D eigenvalue weighted by Crippen LogP contribution is -2.37. The standard InChI is InChI=1S/C42H48N10O5S2/c1-8-57-40(54)28-19-21-51(22-20-28)29-13-15-30(16-14-29)59(55,56)49-39(53)37-31(32-24-43-52(27(32)3)25-42(4,5)6)17-18-35(45-37)50(7)36-23-26(2)38(48-47-36)46-41-44-33-11-9-10-12-34(33)58-41/h9-18,23-24,28H,8,19-22,25H2,1-7H3,(H,49,53)(H,44,46,48). The molecule has 2 aromatic carbocycles. The maximum atomic E-state index is 14.2. The highest BCUT2D eigenvalue weighted by atomic mass is 32.2. The molecule has 0 unspecified atom stereocenters. The third-order valence-corrected chi connectivity index (χ3v) is 12.4. The average molecular weight is 837 g/mol. The first-order chi connectivity index (χ1) is 28.1. The number of hydrogen-bond acceptors (Lipinski definition) is 14. The van der Waals surface area contributed by atoms with Crippen LogP contribution in [0.4, 0.5) is 28.3 Å². The van der Waals surface area contributed by atoms with Gasteiger partial charge in [0.1, 0.15) is 11.5 Å². The van der Waals surface area contributed by atoms with E-state index in [1.54, 1.807) is 49.3 Å².